The lowest BCUT2D eigenvalue weighted by Gasteiger charge is -2.23. The first kappa shape index (κ1) is 19.6. The molecule has 0 radical (unpaired) electrons. The number of aromatic hydroxyl groups is 1. The van der Waals surface area contributed by atoms with Gasteiger partial charge in [-0.25, -0.2) is 0 Å². The number of hydrogen-bond donors (Lipinski definition) is 2. The largest absolute Gasteiger partial charge is 0.508 e. The summed E-state index contributed by atoms with van der Waals surface area (Å²) in [6, 6.07) is 16.9. The summed E-state index contributed by atoms with van der Waals surface area (Å²) >= 11 is 1.78. The van der Waals surface area contributed by atoms with E-state index < -0.39 is 6.10 Å². The summed E-state index contributed by atoms with van der Waals surface area (Å²) in [4.78, 5) is 3.41. The van der Waals surface area contributed by atoms with Gasteiger partial charge in [0.25, 0.3) is 0 Å². The van der Waals surface area contributed by atoms with Crippen molar-refractivity contribution in [3.05, 3.63) is 54.6 Å². The van der Waals surface area contributed by atoms with Crippen LogP contribution < -0.4 is 4.74 Å². The first-order valence-electron chi connectivity index (χ1n) is 8.67. The third-order valence-electron chi connectivity index (χ3n) is 3.83. The van der Waals surface area contributed by atoms with Gasteiger partial charge in [0, 0.05) is 11.4 Å². The van der Waals surface area contributed by atoms with E-state index in [1.54, 1.807) is 23.9 Å². The van der Waals surface area contributed by atoms with Gasteiger partial charge in [0.2, 0.25) is 0 Å². The minimum atomic E-state index is -0.495. The van der Waals surface area contributed by atoms with Gasteiger partial charge in [-0.1, -0.05) is 25.1 Å². The minimum Gasteiger partial charge on any atom is -0.508 e. The number of ether oxygens (including phenoxy) is 1. The topological polar surface area (TPSA) is 52.9 Å². The molecule has 2 aromatic carbocycles. The molecule has 0 aliphatic rings. The highest BCUT2D eigenvalue weighted by atomic mass is 32.2. The molecule has 1 unspecified atom stereocenters. The normalized spacial score (nSPS) is 12.3. The Morgan fingerprint density at radius 2 is 1.80 bits per heavy atom. The van der Waals surface area contributed by atoms with E-state index in [0.717, 1.165) is 35.9 Å². The molecule has 2 rings (SSSR count). The van der Waals surface area contributed by atoms with Crippen LogP contribution in [-0.4, -0.2) is 53.2 Å². The van der Waals surface area contributed by atoms with Crippen LogP contribution in [0.5, 0.6) is 11.5 Å². The van der Waals surface area contributed by atoms with E-state index in [9.17, 15) is 10.2 Å². The van der Waals surface area contributed by atoms with Crippen LogP contribution in [0.4, 0.5) is 0 Å². The molecule has 0 saturated carbocycles. The molecule has 0 aromatic heterocycles. The van der Waals surface area contributed by atoms with Crippen LogP contribution in [0.2, 0.25) is 0 Å². The minimum absolute atomic E-state index is 0.299. The van der Waals surface area contributed by atoms with Crippen LogP contribution in [0.1, 0.15) is 13.3 Å². The number of para-hydroxylation sites is 1. The average Bonchev–Trinajstić information content (AvgIpc) is 2.65. The van der Waals surface area contributed by atoms with Crippen molar-refractivity contribution >= 4 is 11.8 Å². The predicted octanol–water partition coefficient (Wildman–Crippen LogP) is 3.64. The van der Waals surface area contributed by atoms with Crippen molar-refractivity contribution in [2.24, 2.45) is 0 Å². The molecule has 0 spiro atoms. The molecular weight excluding hydrogens is 334 g/mol. The third kappa shape index (κ3) is 7.82. The number of phenolic OH excluding ortho intramolecular Hbond substituents is 1. The van der Waals surface area contributed by atoms with Gasteiger partial charge in [0.1, 0.15) is 24.2 Å². The molecule has 0 heterocycles. The first-order valence-corrected chi connectivity index (χ1v) is 9.66. The second-order valence-corrected chi connectivity index (χ2v) is 7.04. The highest BCUT2D eigenvalue weighted by molar-refractivity contribution is 7.99. The van der Waals surface area contributed by atoms with E-state index in [-0.39, 0.29) is 0 Å². The molecule has 0 amide bonds. The Balaban J connectivity index is 1.62. The summed E-state index contributed by atoms with van der Waals surface area (Å²) < 4.78 is 5.61. The quantitative estimate of drug-likeness (QED) is 0.473. The van der Waals surface area contributed by atoms with Crippen molar-refractivity contribution in [3.8, 4) is 11.5 Å². The fraction of sp³-hybridized carbons (Fsp3) is 0.400. The predicted molar refractivity (Wildman–Crippen MR) is 104 cm³/mol. The smallest absolute Gasteiger partial charge is 0.119 e. The Bertz CT molecular complexity index is 592. The third-order valence-corrected chi connectivity index (χ3v) is 4.92. The molecule has 0 bridgehead atoms. The summed E-state index contributed by atoms with van der Waals surface area (Å²) in [5.41, 5.74) is 0. The van der Waals surface area contributed by atoms with Gasteiger partial charge in [-0.05, 0) is 61.7 Å². The maximum Gasteiger partial charge on any atom is 0.119 e. The van der Waals surface area contributed by atoms with Crippen molar-refractivity contribution in [3.63, 3.8) is 0 Å². The van der Waals surface area contributed by atoms with Crippen molar-refractivity contribution in [1.82, 2.24) is 4.90 Å². The van der Waals surface area contributed by atoms with Gasteiger partial charge >= 0.3 is 0 Å². The fourth-order valence-corrected chi connectivity index (χ4v) is 3.30. The molecule has 0 aliphatic carbocycles. The van der Waals surface area contributed by atoms with E-state index >= 15 is 0 Å². The second kappa shape index (κ2) is 11.0. The molecule has 4 nitrogen and oxygen atoms in total. The summed E-state index contributed by atoms with van der Waals surface area (Å²) in [5.74, 6) is 2.10. The Kier molecular flexibility index (Phi) is 8.66. The molecule has 25 heavy (non-hydrogen) atoms. The number of nitrogens with zero attached hydrogens (tertiary/aromatic N) is 1. The zero-order valence-electron chi connectivity index (χ0n) is 14.7. The van der Waals surface area contributed by atoms with Gasteiger partial charge in [0.05, 0.1) is 0 Å². The van der Waals surface area contributed by atoms with Crippen molar-refractivity contribution < 1.29 is 14.9 Å². The van der Waals surface area contributed by atoms with Crippen molar-refractivity contribution in [1.29, 1.82) is 0 Å². The molecule has 0 fully saturated rings. The lowest BCUT2D eigenvalue weighted by molar-refractivity contribution is 0.0700. The summed E-state index contributed by atoms with van der Waals surface area (Å²) in [5, 5.41) is 19.5. The van der Waals surface area contributed by atoms with Gasteiger partial charge in [-0.15, -0.1) is 11.8 Å². The summed E-state index contributed by atoms with van der Waals surface area (Å²) in [6.07, 6.45) is 0.552. The molecule has 0 aliphatic heterocycles. The standard InChI is InChI=1S/C20H27NO3S/c1-2-21(13-6-14-25-20-11-9-17(22)10-12-20)15-18(23)16-24-19-7-4-3-5-8-19/h3-5,7-12,18,22-23H,2,6,13-16H2,1H3. The molecule has 0 saturated heterocycles. The number of benzene rings is 2. The molecule has 136 valence electrons. The second-order valence-electron chi connectivity index (χ2n) is 5.87. The zero-order valence-corrected chi connectivity index (χ0v) is 15.5. The van der Waals surface area contributed by atoms with Gasteiger partial charge in [-0.2, -0.15) is 0 Å². The molecular formula is C20H27NO3S. The van der Waals surface area contributed by atoms with E-state index in [2.05, 4.69) is 11.8 Å². The monoisotopic (exact) mass is 361 g/mol. The molecule has 5 heteroatoms. The van der Waals surface area contributed by atoms with Gasteiger partial charge in [-0.3, -0.25) is 0 Å². The number of aliphatic hydroxyl groups is 1. The lowest BCUT2D eigenvalue weighted by atomic mass is 10.3. The van der Waals surface area contributed by atoms with E-state index in [1.807, 2.05) is 42.5 Å². The van der Waals surface area contributed by atoms with Crippen LogP contribution in [-0.2, 0) is 0 Å². The van der Waals surface area contributed by atoms with Crippen LogP contribution in [0.25, 0.3) is 0 Å². The van der Waals surface area contributed by atoms with Crippen molar-refractivity contribution in [2.45, 2.75) is 24.3 Å². The van der Waals surface area contributed by atoms with Crippen molar-refractivity contribution in [2.75, 3.05) is 32.0 Å². The maximum atomic E-state index is 10.2. The SMILES string of the molecule is CCN(CCCSc1ccc(O)cc1)CC(O)COc1ccccc1. The number of hydrogen-bond acceptors (Lipinski definition) is 5. The molecule has 1 atom stereocenters. The van der Waals surface area contributed by atoms with Crippen LogP contribution in [0.3, 0.4) is 0 Å². The van der Waals surface area contributed by atoms with E-state index in [0.29, 0.717) is 18.9 Å². The lowest BCUT2D eigenvalue weighted by Crippen LogP contribution is -2.36. The van der Waals surface area contributed by atoms with E-state index in [1.165, 1.54) is 0 Å². The highest BCUT2D eigenvalue weighted by Crippen LogP contribution is 2.21. The number of phenols is 1. The van der Waals surface area contributed by atoms with Crippen LogP contribution in [0, 0.1) is 0 Å². The summed E-state index contributed by atoms with van der Waals surface area (Å²) in [6.45, 7) is 4.89. The fourth-order valence-electron chi connectivity index (χ4n) is 2.46. The van der Waals surface area contributed by atoms with Gasteiger partial charge in [0.15, 0.2) is 0 Å². The number of aliphatic hydroxyl groups excluding tert-OH is 1. The van der Waals surface area contributed by atoms with Crippen LogP contribution >= 0.6 is 11.8 Å². The zero-order chi connectivity index (χ0) is 17.9. The maximum absolute atomic E-state index is 10.2. The molecule has 2 aromatic rings. The highest BCUT2D eigenvalue weighted by Gasteiger charge is 2.11. The number of likely N-dealkylation sites (N-methyl/N-ethyl adjacent to an activating group) is 1. The van der Waals surface area contributed by atoms with Gasteiger partial charge < -0.3 is 19.8 Å². The van der Waals surface area contributed by atoms with E-state index in [4.69, 9.17) is 4.74 Å². The average molecular weight is 362 g/mol. The Hall–Kier alpha value is -1.69. The van der Waals surface area contributed by atoms with Crippen LogP contribution in [0.15, 0.2) is 59.5 Å². The number of thioether (sulfide) groups is 1. The Morgan fingerprint density at radius 3 is 2.48 bits per heavy atom. The Labute approximate surface area is 154 Å². The summed E-state index contributed by atoms with van der Waals surface area (Å²) in [7, 11) is 0. The number of rotatable bonds is 11. The Morgan fingerprint density at radius 1 is 1.08 bits per heavy atom. The molecule has 2 N–H and O–H groups in total. The first-order chi connectivity index (χ1) is 12.2.